The standard InChI is InChI=1S/C20H21ClN2O.ClH/c21-14-9-10-18-17(13-14)16-7-4-8-19(20(16)23-18)22-11-12-24-15-5-2-1-3-6-15;/h1-3,5-6,9-10,13,19,22-23H,4,7-8,11-12H2;1H. The molecule has 1 aromatic heterocycles. The zero-order chi connectivity index (χ0) is 16.4. The number of H-pyrrole nitrogens is 1. The summed E-state index contributed by atoms with van der Waals surface area (Å²) in [5.41, 5.74) is 4.02. The number of aryl methyl sites for hydroxylation is 1. The number of para-hydroxylation sites is 1. The predicted molar refractivity (Wildman–Crippen MR) is 97.7 cm³/mol. The molecule has 2 aromatic carbocycles. The second-order valence-corrected chi connectivity index (χ2v) is 6.83. The molecule has 1 atom stereocenters. The monoisotopic (exact) mass is 376 g/mol. The van der Waals surface area contributed by atoms with Gasteiger partial charge < -0.3 is 27.4 Å². The van der Waals surface area contributed by atoms with Gasteiger partial charge in [0.15, 0.2) is 0 Å². The average molecular weight is 377 g/mol. The van der Waals surface area contributed by atoms with Crippen LogP contribution in [-0.2, 0) is 6.42 Å². The second-order valence-electron chi connectivity index (χ2n) is 6.39. The first-order chi connectivity index (χ1) is 11.8. The summed E-state index contributed by atoms with van der Waals surface area (Å²) in [5, 5.41) is 4.50. The highest BCUT2D eigenvalue weighted by Crippen LogP contribution is 2.34. The van der Waals surface area contributed by atoms with Crippen LogP contribution in [0.15, 0.2) is 48.5 Å². The molecule has 4 rings (SSSR count). The van der Waals surface area contributed by atoms with Crippen LogP contribution in [0.5, 0.6) is 5.75 Å². The minimum atomic E-state index is 0. The Kier molecular flexibility index (Phi) is 5.89. The van der Waals surface area contributed by atoms with Crippen molar-refractivity contribution in [1.29, 1.82) is 0 Å². The molecule has 0 fully saturated rings. The number of hydrogen-bond acceptors (Lipinski definition) is 1. The Bertz CT molecular complexity index is 832. The molecule has 0 bridgehead atoms. The molecule has 0 saturated heterocycles. The van der Waals surface area contributed by atoms with E-state index >= 15 is 0 Å². The van der Waals surface area contributed by atoms with Crippen molar-refractivity contribution >= 4 is 22.5 Å². The zero-order valence-corrected chi connectivity index (χ0v) is 15.5. The number of aromatic nitrogens is 1. The van der Waals surface area contributed by atoms with Gasteiger partial charge in [-0.05, 0) is 48.7 Å². The highest BCUT2D eigenvalue weighted by atomic mass is 35.5. The van der Waals surface area contributed by atoms with E-state index in [4.69, 9.17) is 16.3 Å². The number of nitrogens with one attached hydrogen (secondary N) is 1. The van der Waals surface area contributed by atoms with E-state index in [9.17, 15) is 0 Å². The number of aromatic amines is 1. The quantitative estimate of drug-likeness (QED) is 0.636. The van der Waals surface area contributed by atoms with Gasteiger partial charge in [0.1, 0.15) is 24.9 Å². The molecule has 25 heavy (non-hydrogen) atoms. The first-order valence-corrected chi connectivity index (χ1v) is 9.00. The van der Waals surface area contributed by atoms with Gasteiger partial charge in [-0.2, -0.15) is 0 Å². The van der Waals surface area contributed by atoms with E-state index in [1.54, 1.807) is 0 Å². The second kappa shape index (κ2) is 8.13. The molecular formula is C20H22Cl2N2O. The highest BCUT2D eigenvalue weighted by molar-refractivity contribution is 6.31. The molecule has 5 heteroatoms. The highest BCUT2D eigenvalue weighted by Gasteiger charge is 2.26. The number of ether oxygens (including phenoxy) is 1. The minimum absolute atomic E-state index is 0. The average Bonchev–Trinajstić information content (AvgIpc) is 2.98. The van der Waals surface area contributed by atoms with Crippen molar-refractivity contribution in [2.75, 3.05) is 13.2 Å². The van der Waals surface area contributed by atoms with Gasteiger partial charge in [0.25, 0.3) is 0 Å². The Morgan fingerprint density at radius 1 is 1.16 bits per heavy atom. The van der Waals surface area contributed by atoms with Crippen molar-refractivity contribution in [3.05, 3.63) is 64.8 Å². The largest absolute Gasteiger partial charge is 1.00 e. The summed E-state index contributed by atoms with van der Waals surface area (Å²) >= 11 is 6.18. The Balaban J connectivity index is 0.00000182. The summed E-state index contributed by atoms with van der Waals surface area (Å²) in [5.74, 6) is 0.940. The molecule has 1 unspecified atom stereocenters. The maximum atomic E-state index is 6.18. The smallest absolute Gasteiger partial charge is 0.137 e. The van der Waals surface area contributed by atoms with Crippen LogP contribution in [0.1, 0.15) is 30.1 Å². The SMILES string of the molecule is Clc1ccc2[nH]c3c(c2c1)CCCC3[NH2+]CCOc1ccccc1.[Cl-]. The number of rotatable bonds is 5. The van der Waals surface area contributed by atoms with Crippen molar-refractivity contribution in [1.82, 2.24) is 4.98 Å². The van der Waals surface area contributed by atoms with Gasteiger partial charge in [-0.25, -0.2) is 0 Å². The summed E-state index contributed by atoms with van der Waals surface area (Å²) < 4.78 is 5.80. The summed E-state index contributed by atoms with van der Waals surface area (Å²) in [6.45, 7) is 1.68. The van der Waals surface area contributed by atoms with Crippen molar-refractivity contribution in [3.63, 3.8) is 0 Å². The molecule has 3 aromatic rings. The number of quaternary nitrogens is 1. The van der Waals surface area contributed by atoms with E-state index in [-0.39, 0.29) is 12.4 Å². The normalized spacial score (nSPS) is 16.3. The van der Waals surface area contributed by atoms with Gasteiger partial charge in [0.05, 0.1) is 5.69 Å². The molecule has 1 heterocycles. The molecular weight excluding hydrogens is 355 g/mol. The van der Waals surface area contributed by atoms with Crippen LogP contribution in [0.25, 0.3) is 10.9 Å². The fraction of sp³-hybridized carbons (Fsp3) is 0.300. The van der Waals surface area contributed by atoms with Crippen LogP contribution in [0.2, 0.25) is 5.02 Å². The number of nitrogens with two attached hydrogens (primary N) is 1. The molecule has 0 spiro atoms. The molecule has 0 saturated carbocycles. The van der Waals surface area contributed by atoms with Gasteiger partial charge in [-0.1, -0.05) is 29.8 Å². The lowest BCUT2D eigenvalue weighted by molar-refractivity contribution is -0.698. The molecule has 0 aliphatic heterocycles. The summed E-state index contributed by atoms with van der Waals surface area (Å²) in [7, 11) is 0. The maximum Gasteiger partial charge on any atom is 0.137 e. The van der Waals surface area contributed by atoms with Crippen LogP contribution in [0.4, 0.5) is 0 Å². The van der Waals surface area contributed by atoms with Crippen molar-refractivity contribution < 1.29 is 22.5 Å². The topological polar surface area (TPSA) is 41.6 Å². The Labute approximate surface area is 159 Å². The molecule has 0 amide bonds. The molecule has 3 nitrogen and oxygen atoms in total. The third-order valence-electron chi connectivity index (χ3n) is 4.79. The molecule has 1 aliphatic rings. The summed E-state index contributed by atoms with van der Waals surface area (Å²) in [6, 6.07) is 16.6. The van der Waals surface area contributed by atoms with E-state index in [0.717, 1.165) is 30.3 Å². The minimum Gasteiger partial charge on any atom is -1.00 e. The molecule has 1 aliphatic carbocycles. The molecule has 0 radical (unpaired) electrons. The van der Waals surface area contributed by atoms with Crippen LogP contribution in [-0.4, -0.2) is 18.1 Å². The lowest BCUT2D eigenvalue weighted by Crippen LogP contribution is -3.00. The number of fused-ring (bicyclic) bond motifs is 3. The number of benzene rings is 2. The van der Waals surface area contributed by atoms with Crippen molar-refractivity contribution in [2.45, 2.75) is 25.3 Å². The maximum absolute atomic E-state index is 6.18. The first kappa shape index (κ1) is 18.1. The Morgan fingerprint density at radius 2 is 2.00 bits per heavy atom. The Morgan fingerprint density at radius 3 is 2.84 bits per heavy atom. The lowest BCUT2D eigenvalue weighted by atomic mass is 9.92. The number of hydrogen-bond donors (Lipinski definition) is 2. The van der Waals surface area contributed by atoms with Gasteiger partial charge in [-0.3, -0.25) is 0 Å². The van der Waals surface area contributed by atoms with Gasteiger partial charge in [0.2, 0.25) is 0 Å². The number of halogens is 2. The fourth-order valence-electron chi connectivity index (χ4n) is 3.67. The van der Waals surface area contributed by atoms with Crippen LogP contribution >= 0.6 is 11.6 Å². The van der Waals surface area contributed by atoms with Gasteiger partial charge in [-0.15, -0.1) is 0 Å². The summed E-state index contributed by atoms with van der Waals surface area (Å²) in [4.78, 5) is 3.62. The predicted octanol–water partition coefficient (Wildman–Crippen LogP) is 0.845. The van der Waals surface area contributed by atoms with E-state index < -0.39 is 0 Å². The van der Waals surface area contributed by atoms with E-state index in [2.05, 4.69) is 22.4 Å². The van der Waals surface area contributed by atoms with Crippen molar-refractivity contribution in [3.8, 4) is 5.75 Å². The zero-order valence-electron chi connectivity index (χ0n) is 14.0. The molecule has 3 N–H and O–H groups in total. The third-order valence-corrected chi connectivity index (χ3v) is 5.03. The first-order valence-electron chi connectivity index (χ1n) is 8.62. The molecule has 132 valence electrons. The Hall–Kier alpha value is -1.68. The van der Waals surface area contributed by atoms with Crippen LogP contribution in [0, 0.1) is 0 Å². The fourth-order valence-corrected chi connectivity index (χ4v) is 3.84. The van der Waals surface area contributed by atoms with Gasteiger partial charge >= 0.3 is 0 Å². The van der Waals surface area contributed by atoms with E-state index in [1.165, 1.54) is 35.0 Å². The van der Waals surface area contributed by atoms with Crippen molar-refractivity contribution in [2.24, 2.45) is 0 Å². The van der Waals surface area contributed by atoms with E-state index in [1.807, 2.05) is 36.4 Å². The van der Waals surface area contributed by atoms with Gasteiger partial charge in [0, 0.05) is 22.3 Å². The van der Waals surface area contributed by atoms with Crippen LogP contribution in [0.3, 0.4) is 0 Å². The summed E-state index contributed by atoms with van der Waals surface area (Å²) in [6.07, 6.45) is 3.58. The lowest BCUT2D eigenvalue weighted by Gasteiger charge is -2.21. The van der Waals surface area contributed by atoms with Crippen LogP contribution < -0.4 is 22.5 Å². The third kappa shape index (κ3) is 3.95. The van der Waals surface area contributed by atoms with E-state index in [0.29, 0.717) is 6.04 Å².